The van der Waals surface area contributed by atoms with E-state index >= 15 is 0 Å². The Morgan fingerprint density at radius 2 is 2.06 bits per heavy atom. The van der Waals surface area contributed by atoms with Crippen LogP contribution in [0.5, 0.6) is 5.75 Å². The first-order valence-corrected chi connectivity index (χ1v) is 5.06. The van der Waals surface area contributed by atoms with Crippen LogP contribution in [0, 0.1) is 6.92 Å². The van der Waals surface area contributed by atoms with Gasteiger partial charge in [0.15, 0.2) is 0 Å². The first kappa shape index (κ1) is 12.3. The molecule has 0 spiro atoms. The Kier molecular flexibility index (Phi) is 5.12. The molecule has 1 radical (unpaired) electrons. The van der Waals surface area contributed by atoms with Gasteiger partial charge in [0.1, 0.15) is 18.5 Å². The van der Waals surface area contributed by atoms with E-state index in [0.717, 1.165) is 11.8 Å². The summed E-state index contributed by atoms with van der Waals surface area (Å²) < 4.78 is 10.5. The van der Waals surface area contributed by atoms with E-state index in [1.54, 1.807) is 0 Å². The first-order chi connectivity index (χ1) is 7.76. The van der Waals surface area contributed by atoms with E-state index in [4.69, 9.17) is 9.47 Å². The molecule has 3 nitrogen and oxygen atoms in total. The van der Waals surface area contributed by atoms with Crippen LogP contribution in [0.3, 0.4) is 0 Å². The van der Waals surface area contributed by atoms with Gasteiger partial charge in [0, 0.05) is 6.08 Å². The number of carbonyl (C=O) groups excluding carboxylic acids is 1. The van der Waals surface area contributed by atoms with E-state index in [1.165, 1.54) is 0 Å². The van der Waals surface area contributed by atoms with Crippen molar-refractivity contribution in [1.82, 2.24) is 0 Å². The van der Waals surface area contributed by atoms with Gasteiger partial charge in [-0.1, -0.05) is 24.8 Å². The lowest BCUT2D eigenvalue weighted by Crippen LogP contribution is -2.23. The molecule has 0 saturated heterocycles. The second-order valence-electron chi connectivity index (χ2n) is 3.18. The van der Waals surface area contributed by atoms with Crippen LogP contribution in [0.2, 0.25) is 0 Å². The van der Waals surface area contributed by atoms with Crippen LogP contribution in [-0.4, -0.2) is 18.7 Å². The third-order valence-corrected chi connectivity index (χ3v) is 1.95. The van der Waals surface area contributed by atoms with Crippen LogP contribution in [-0.2, 0) is 9.53 Å². The van der Waals surface area contributed by atoms with Crippen molar-refractivity contribution in [2.75, 3.05) is 6.61 Å². The summed E-state index contributed by atoms with van der Waals surface area (Å²) in [5.74, 6) is 0.293. The van der Waals surface area contributed by atoms with Crippen LogP contribution < -0.4 is 4.74 Å². The van der Waals surface area contributed by atoms with Crippen LogP contribution in [0.25, 0.3) is 0 Å². The number of hydrogen-bond donors (Lipinski definition) is 0. The molecule has 1 unspecified atom stereocenters. The number of rotatable bonds is 6. The maximum absolute atomic E-state index is 11.0. The molecule has 0 amide bonds. The van der Waals surface area contributed by atoms with E-state index in [9.17, 15) is 4.79 Å². The number of carbonyl (C=O) groups is 1. The van der Waals surface area contributed by atoms with Crippen molar-refractivity contribution in [1.29, 1.82) is 0 Å². The minimum atomic E-state index is -0.453. The number of para-hydroxylation sites is 1. The van der Waals surface area contributed by atoms with Crippen molar-refractivity contribution in [3.63, 3.8) is 0 Å². The molecule has 1 aromatic carbocycles. The van der Waals surface area contributed by atoms with Crippen LogP contribution >= 0.6 is 0 Å². The third kappa shape index (κ3) is 4.17. The fourth-order valence-electron chi connectivity index (χ4n) is 1.09. The standard InChI is InChI=1S/C13H15O3/c1-3-11(16-13(14)4-2)10-15-12-8-6-5-7-9-12/h4-9,11H,1-3,10H2. The fraction of sp³-hybridized carbons (Fsp3) is 0.231. The Morgan fingerprint density at radius 3 is 2.62 bits per heavy atom. The number of benzene rings is 1. The van der Waals surface area contributed by atoms with Crippen molar-refractivity contribution in [3.05, 3.63) is 49.9 Å². The lowest BCUT2D eigenvalue weighted by Gasteiger charge is -2.15. The van der Waals surface area contributed by atoms with Gasteiger partial charge in [-0.25, -0.2) is 4.79 Å². The molecule has 1 rings (SSSR count). The molecular formula is C13H15O3. The Morgan fingerprint density at radius 1 is 1.38 bits per heavy atom. The predicted octanol–water partition coefficient (Wildman–Crippen LogP) is 2.39. The van der Waals surface area contributed by atoms with Gasteiger partial charge in [0.25, 0.3) is 0 Å². The van der Waals surface area contributed by atoms with E-state index < -0.39 is 5.97 Å². The lowest BCUT2D eigenvalue weighted by atomic mass is 10.3. The number of hydrogen-bond acceptors (Lipinski definition) is 3. The molecule has 0 bridgehead atoms. The summed E-state index contributed by atoms with van der Waals surface area (Å²) in [6, 6.07) is 9.35. The molecule has 3 heteroatoms. The van der Waals surface area contributed by atoms with Gasteiger partial charge in [-0.3, -0.25) is 0 Å². The van der Waals surface area contributed by atoms with Gasteiger partial charge in [-0.05, 0) is 25.5 Å². The third-order valence-electron chi connectivity index (χ3n) is 1.95. The molecule has 0 aliphatic heterocycles. The molecule has 0 aliphatic carbocycles. The van der Waals surface area contributed by atoms with Crippen molar-refractivity contribution >= 4 is 5.97 Å². The largest absolute Gasteiger partial charge is 0.490 e. The molecule has 85 valence electrons. The van der Waals surface area contributed by atoms with Gasteiger partial charge in [-0.2, -0.15) is 0 Å². The molecule has 1 aromatic rings. The quantitative estimate of drug-likeness (QED) is 0.544. The number of esters is 1. The average Bonchev–Trinajstić information content (AvgIpc) is 2.35. The van der Waals surface area contributed by atoms with Crippen LogP contribution in [0.1, 0.15) is 6.42 Å². The summed E-state index contributed by atoms with van der Waals surface area (Å²) in [4.78, 5) is 11.0. The topological polar surface area (TPSA) is 35.5 Å². The van der Waals surface area contributed by atoms with Gasteiger partial charge in [0.05, 0.1) is 0 Å². The van der Waals surface area contributed by atoms with Gasteiger partial charge >= 0.3 is 5.97 Å². The smallest absolute Gasteiger partial charge is 0.330 e. The van der Waals surface area contributed by atoms with E-state index in [0.29, 0.717) is 13.0 Å². The molecule has 0 aliphatic rings. The zero-order valence-corrected chi connectivity index (χ0v) is 9.09. The molecule has 0 aromatic heterocycles. The zero-order chi connectivity index (χ0) is 11.8. The summed E-state index contributed by atoms with van der Waals surface area (Å²) >= 11 is 0. The molecule has 16 heavy (non-hydrogen) atoms. The van der Waals surface area contributed by atoms with Gasteiger partial charge in [-0.15, -0.1) is 0 Å². The summed E-state index contributed by atoms with van der Waals surface area (Å²) in [6.45, 7) is 7.32. The highest BCUT2D eigenvalue weighted by Crippen LogP contribution is 2.10. The summed E-state index contributed by atoms with van der Waals surface area (Å²) in [6.07, 6.45) is 1.25. The van der Waals surface area contributed by atoms with Gasteiger partial charge < -0.3 is 9.47 Å². The molecular weight excluding hydrogens is 204 g/mol. The SMILES string of the molecule is [CH2]CC(COc1ccccc1)OC(=O)C=C. The van der Waals surface area contributed by atoms with E-state index in [-0.39, 0.29) is 6.10 Å². The average molecular weight is 219 g/mol. The first-order valence-electron chi connectivity index (χ1n) is 5.06. The molecule has 0 N–H and O–H groups in total. The van der Waals surface area contributed by atoms with E-state index in [2.05, 4.69) is 13.5 Å². The summed E-state index contributed by atoms with van der Waals surface area (Å²) in [7, 11) is 0. The second-order valence-corrected chi connectivity index (χ2v) is 3.18. The number of ether oxygens (including phenoxy) is 2. The Balaban J connectivity index is 2.40. The molecule has 0 fully saturated rings. The Bertz CT molecular complexity index is 332. The maximum atomic E-state index is 11.0. The van der Waals surface area contributed by atoms with Crippen molar-refractivity contribution in [2.45, 2.75) is 12.5 Å². The van der Waals surface area contributed by atoms with Crippen molar-refractivity contribution in [2.24, 2.45) is 0 Å². The van der Waals surface area contributed by atoms with Gasteiger partial charge in [0.2, 0.25) is 0 Å². The van der Waals surface area contributed by atoms with Crippen LogP contribution in [0.4, 0.5) is 0 Å². The predicted molar refractivity (Wildman–Crippen MR) is 62.0 cm³/mol. The van der Waals surface area contributed by atoms with Crippen molar-refractivity contribution < 1.29 is 14.3 Å². The fourth-order valence-corrected chi connectivity index (χ4v) is 1.09. The summed E-state index contributed by atoms with van der Waals surface area (Å²) in [5.41, 5.74) is 0. The maximum Gasteiger partial charge on any atom is 0.330 e. The minimum absolute atomic E-state index is 0.299. The zero-order valence-electron chi connectivity index (χ0n) is 9.09. The minimum Gasteiger partial charge on any atom is -0.490 e. The highest BCUT2D eigenvalue weighted by molar-refractivity contribution is 5.81. The monoisotopic (exact) mass is 219 g/mol. The molecule has 1 atom stereocenters. The molecule has 0 heterocycles. The van der Waals surface area contributed by atoms with Crippen molar-refractivity contribution in [3.8, 4) is 5.75 Å². The lowest BCUT2D eigenvalue weighted by molar-refractivity contribution is -0.144. The highest BCUT2D eigenvalue weighted by Gasteiger charge is 2.10. The summed E-state index contributed by atoms with van der Waals surface area (Å²) in [5, 5.41) is 0. The highest BCUT2D eigenvalue weighted by atomic mass is 16.6. The van der Waals surface area contributed by atoms with E-state index in [1.807, 2.05) is 30.3 Å². The molecule has 0 saturated carbocycles. The normalized spacial score (nSPS) is 11.6. The Hall–Kier alpha value is -1.77. The second kappa shape index (κ2) is 6.67. The Labute approximate surface area is 95.7 Å². The van der Waals surface area contributed by atoms with Crippen LogP contribution in [0.15, 0.2) is 43.0 Å².